The molecule has 0 atom stereocenters. The lowest BCUT2D eigenvalue weighted by molar-refractivity contribution is -0.00397. The molecular weight excluding hydrogens is 546 g/mol. The van der Waals surface area contributed by atoms with Crippen LogP contribution in [0.15, 0.2) is 0 Å². The average molecular weight is 622 g/mol. The molecule has 0 saturated heterocycles. The van der Waals surface area contributed by atoms with Crippen molar-refractivity contribution in [3.8, 4) is 0 Å². The Hall–Kier alpha value is -0.320. The Morgan fingerprint density at radius 1 is 0.326 bits per heavy atom. The van der Waals surface area contributed by atoms with Crippen LogP contribution in [-0.4, -0.2) is 105 Å². The van der Waals surface area contributed by atoms with E-state index in [4.69, 9.17) is 33.2 Å². The molecule has 0 fully saturated rings. The highest BCUT2D eigenvalue weighted by Crippen LogP contribution is 2.20. The van der Waals surface area contributed by atoms with Crippen LogP contribution in [0.2, 0.25) is 0 Å². The molecule has 43 heavy (non-hydrogen) atoms. The van der Waals surface area contributed by atoms with Crippen LogP contribution in [0.25, 0.3) is 0 Å². The Kier molecular flexibility index (Phi) is 28.0. The lowest BCUT2D eigenvalue weighted by atomic mass is 9.91. The zero-order chi connectivity index (χ0) is 33.1. The van der Waals surface area contributed by atoms with E-state index in [1.807, 2.05) is 0 Å². The fourth-order valence-electron chi connectivity index (χ4n) is 3.26. The van der Waals surface area contributed by atoms with E-state index in [0.29, 0.717) is 88.9 Å². The van der Waals surface area contributed by atoms with Gasteiger partial charge in [0.2, 0.25) is 0 Å². The number of ether oxygens (including phenoxy) is 7. The van der Waals surface area contributed by atoms with E-state index in [1.54, 1.807) is 0 Å². The maximum Gasteiger partial charge on any atom is 0.0701 e. The molecule has 0 aromatic rings. The molecular formula is C35H75NO7. The quantitative estimate of drug-likeness (QED) is 0.108. The largest absolute Gasteiger partial charge is 0.379 e. The Labute approximate surface area is 267 Å². The van der Waals surface area contributed by atoms with Crippen molar-refractivity contribution in [1.29, 1.82) is 0 Å². The van der Waals surface area contributed by atoms with Crippen molar-refractivity contribution in [2.45, 2.75) is 114 Å². The summed E-state index contributed by atoms with van der Waals surface area (Å²) < 4.78 is 38.4. The smallest absolute Gasteiger partial charge is 0.0701 e. The Morgan fingerprint density at radius 2 is 0.605 bits per heavy atom. The van der Waals surface area contributed by atoms with Crippen molar-refractivity contribution in [2.75, 3.05) is 99.0 Å². The monoisotopic (exact) mass is 622 g/mol. The third-order valence-corrected chi connectivity index (χ3v) is 5.97. The molecule has 0 aliphatic heterocycles. The summed E-state index contributed by atoms with van der Waals surface area (Å²) in [5, 5.41) is 3.37. The highest BCUT2D eigenvalue weighted by Gasteiger charge is 2.11. The molecule has 0 aliphatic rings. The second-order valence-corrected chi connectivity index (χ2v) is 15.7. The average Bonchev–Trinajstić information content (AvgIpc) is 2.85. The van der Waals surface area contributed by atoms with Crippen LogP contribution >= 0.6 is 0 Å². The summed E-state index contributed by atoms with van der Waals surface area (Å²) in [6.45, 7) is 37.0. The molecule has 0 radical (unpaired) electrons. The minimum atomic E-state index is 0.146. The Balaban J connectivity index is 0. The number of rotatable bonds is 25. The lowest BCUT2D eigenvalue weighted by Crippen LogP contribution is -2.38. The molecule has 1 N–H and O–H groups in total. The zero-order valence-corrected chi connectivity index (χ0v) is 30.8. The molecule has 8 nitrogen and oxygen atoms in total. The summed E-state index contributed by atoms with van der Waals surface area (Å²) in [7, 11) is 0. The second-order valence-electron chi connectivity index (χ2n) is 15.7. The third-order valence-electron chi connectivity index (χ3n) is 5.97. The minimum Gasteiger partial charge on any atom is -0.379 e. The van der Waals surface area contributed by atoms with Gasteiger partial charge in [0.1, 0.15) is 0 Å². The highest BCUT2D eigenvalue weighted by molar-refractivity contribution is 4.69. The fraction of sp³-hybridized carbons (Fsp3) is 1.00. The molecule has 0 aromatic heterocycles. The topological polar surface area (TPSA) is 76.6 Å². The number of hydrogen-bond acceptors (Lipinski definition) is 8. The van der Waals surface area contributed by atoms with Crippen LogP contribution < -0.4 is 5.32 Å². The minimum absolute atomic E-state index is 0.146. The van der Waals surface area contributed by atoms with Crippen molar-refractivity contribution in [3.63, 3.8) is 0 Å². The van der Waals surface area contributed by atoms with Gasteiger partial charge in [0, 0.05) is 31.9 Å². The predicted octanol–water partition coefficient (Wildman–Crippen LogP) is 7.18. The van der Waals surface area contributed by atoms with Crippen molar-refractivity contribution in [3.05, 3.63) is 0 Å². The van der Waals surface area contributed by atoms with E-state index < -0.39 is 0 Å². The molecule has 8 heteroatoms. The summed E-state index contributed by atoms with van der Waals surface area (Å²) in [4.78, 5) is 0. The van der Waals surface area contributed by atoms with Crippen LogP contribution in [0, 0.1) is 16.2 Å². The van der Waals surface area contributed by atoms with Crippen LogP contribution in [0.4, 0.5) is 0 Å². The van der Waals surface area contributed by atoms with E-state index >= 15 is 0 Å². The first kappa shape index (κ1) is 44.8. The molecule has 0 saturated carbocycles. The van der Waals surface area contributed by atoms with Crippen molar-refractivity contribution >= 4 is 0 Å². The van der Waals surface area contributed by atoms with Crippen LogP contribution in [-0.2, 0) is 33.2 Å². The van der Waals surface area contributed by atoms with E-state index in [-0.39, 0.29) is 5.54 Å². The first-order valence-electron chi connectivity index (χ1n) is 16.7. The fourth-order valence-corrected chi connectivity index (χ4v) is 3.26. The van der Waals surface area contributed by atoms with Crippen LogP contribution in [0.5, 0.6) is 0 Å². The van der Waals surface area contributed by atoms with Gasteiger partial charge in [0.05, 0.1) is 72.7 Å². The maximum atomic E-state index is 5.54. The third kappa shape index (κ3) is 48.8. The van der Waals surface area contributed by atoms with Gasteiger partial charge >= 0.3 is 0 Å². The van der Waals surface area contributed by atoms with Gasteiger partial charge in [-0.05, 0) is 62.7 Å². The first-order valence-corrected chi connectivity index (χ1v) is 16.7. The molecule has 0 unspecified atom stereocenters. The first-order chi connectivity index (χ1) is 19.9. The van der Waals surface area contributed by atoms with Gasteiger partial charge in [-0.2, -0.15) is 0 Å². The number of hydrogen-bond donors (Lipinski definition) is 1. The van der Waals surface area contributed by atoms with Gasteiger partial charge in [-0.15, -0.1) is 0 Å². The molecule has 0 bridgehead atoms. The van der Waals surface area contributed by atoms with Crippen molar-refractivity contribution in [1.82, 2.24) is 5.32 Å². The summed E-state index contributed by atoms with van der Waals surface area (Å²) in [5.41, 5.74) is 1.24. The van der Waals surface area contributed by atoms with Gasteiger partial charge in [-0.3, -0.25) is 0 Å². The Morgan fingerprint density at radius 3 is 0.907 bits per heavy atom. The lowest BCUT2D eigenvalue weighted by Gasteiger charge is -2.20. The molecule has 0 amide bonds. The Bertz CT molecular complexity index is 525. The molecule has 0 spiro atoms. The van der Waals surface area contributed by atoms with Gasteiger partial charge in [0.15, 0.2) is 0 Å². The zero-order valence-electron chi connectivity index (χ0n) is 30.8. The van der Waals surface area contributed by atoms with Gasteiger partial charge in [0.25, 0.3) is 0 Å². The normalized spacial score (nSPS) is 12.8. The van der Waals surface area contributed by atoms with E-state index in [9.17, 15) is 0 Å². The SMILES string of the molecule is CC(C)(C)CCCOCCOCCOCCC(C)(C)C.CC(C)(C)CCOCCOCCOCCOCCNC(C)(C)C. The number of nitrogens with one attached hydrogen (secondary N) is 1. The van der Waals surface area contributed by atoms with E-state index in [0.717, 1.165) is 45.6 Å². The summed E-state index contributed by atoms with van der Waals surface area (Å²) in [5.74, 6) is 0. The molecule has 0 rings (SSSR count). The second kappa shape index (κ2) is 26.9. The highest BCUT2D eigenvalue weighted by atomic mass is 16.6. The van der Waals surface area contributed by atoms with Crippen LogP contribution in [0.1, 0.15) is 109 Å². The molecule has 0 heterocycles. The molecule has 262 valence electrons. The molecule has 0 aliphatic carbocycles. The van der Waals surface area contributed by atoms with E-state index in [2.05, 4.69) is 88.4 Å². The van der Waals surface area contributed by atoms with Crippen molar-refractivity contribution < 1.29 is 33.2 Å². The maximum absolute atomic E-state index is 5.54. The summed E-state index contributed by atoms with van der Waals surface area (Å²) >= 11 is 0. The summed E-state index contributed by atoms with van der Waals surface area (Å²) in [6, 6.07) is 0. The van der Waals surface area contributed by atoms with Gasteiger partial charge in [-0.25, -0.2) is 0 Å². The molecule has 0 aromatic carbocycles. The predicted molar refractivity (Wildman–Crippen MR) is 180 cm³/mol. The van der Waals surface area contributed by atoms with Gasteiger partial charge < -0.3 is 38.5 Å². The summed E-state index contributed by atoms with van der Waals surface area (Å²) in [6.07, 6.45) is 4.49. The van der Waals surface area contributed by atoms with Crippen molar-refractivity contribution in [2.24, 2.45) is 16.2 Å². The standard InChI is InChI=1S/C18H39NO4.C17H36O3/c1-17(2,3)7-9-20-11-13-22-15-16-23-14-12-21-10-8-19-18(4,5)6;1-16(2,3)8-7-10-18-12-14-20-15-13-19-11-9-17(4,5)6/h19H,7-16H2,1-6H3;7-15H2,1-6H3. The van der Waals surface area contributed by atoms with Gasteiger partial charge in [-0.1, -0.05) is 62.3 Å². The van der Waals surface area contributed by atoms with E-state index in [1.165, 1.54) is 6.42 Å². The van der Waals surface area contributed by atoms with Crippen LogP contribution in [0.3, 0.4) is 0 Å².